The van der Waals surface area contributed by atoms with Crippen LogP contribution in [0.2, 0.25) is 0 Å². The molecule has 0 bridgehead atoms. The van der Waals surface area contributed by atoms with Crippen LogP contribution in [-0.2, 0) is 9.59 Å². The number of carboxylic acid groups (broad SMARTS) is 2. The molecule has 0 aromatic rings. The highest BCUT2D eigenvalue weighted by Crippen LogP contribution is 2.10. The summed E-state index contributed by atoms with van der Waals surface area (Å²) in [7, 11) is 0. The average Bonchev–Trinajstić information content (AvgIpc) is 2.77. The third-order valence-electron chi connectivity index (χ3n) is 5.28. The molecule has 4 nitrogen and oxygen atoms in total. The lowest BCUT2D eigenvalue weighted by molar-refractivity contribution is -0.134. The van der Waals surface area contributed by atoms with E-state index in [1.807, 2.05) is 0 Å². The van der Waals surface area contributed by atoms with E-state index in [2.05, 4.69) is 27.7 Å². The zero-order chi connectivity index (χ0) is 24.7. The molecule has 0 unspecified atom stereocenters. The Kier molecular flexibility index (Phi) is 37.8. The molecule has 0 aliphatic rings. The Hall–Kier alpha value is -1.32. The van der Waals surface area contributed by atoms with Crippen LogP contribution >= 0.6 is 0 Å². The second-order valence-electron chi connectivity index (χ2n) is 8.67. The van der Waals surface area contributed by atoms with Gasteiger partial charge in [0.05, 0.1) is 0 Å². The maximum absolute atomic E-state index is 9.55. The van der Waals surface area contributed by atoms with Gasteiger partial charge in [0.25, 0.3) is 0 Å². The van der Waals surface area contributed by atoms with Crippen LogP contribution < -0.4 is 0 Å². The van der Waals surface area contributed by atoms with Gasteiger partial charge >= 0.3 is 11.9 Å². The van der Waals surface area contributed by atoms with Crippen molar-refractivity contribution < 1.29 is 19.8 Å². The summed E-state index contributed by atoms with van der Waals surface area (Å²) in [4.78, 5) is 19.1. The first-order valence-electron chi connectivity index (χ1n) is 13.6. The fourth-order valence-corrected chi connectivity index (χ4v) is 3.26. The van der Waals surface area contributed by atoms with Crippen LogP contribution in [0.25, 0.3) is 0 Å². The van der Waals surface area contributed by atoms with E-state index < -0.39 is 11.9 Å². The highest BCUT2D eigenvalue weighted by Gasteiger charge is 1.91. The second-order valence-corrected chi connectivity index (χ2v) is 8.67. The largest absolute Gasteiger partial charge is 0.478 e. The van der Waals surface area contributed by atoms with E-state index in [0.717, 1.165) is 0 Å². The van der Waals surface area contributed by atoms with Gasteiger partial charge in [0.1, 0.15) is 0 Å². The van der Waals surface area contributed by atoms with Crippen molar-refractivity contribution in [2.45, 2.75) is 156 Å². The standard InChI is InChI=1S/2C12H26.C4H4O4/c2*1-3-5-7-9-11-12-10-8-6-4-2;5-3(6)1-2-4(7)8/h2*3-12H2,1-2H3;1-2H,(H,5,6)(H,7,8)/b;;2-1+. The molecule has 4 heteroatoms. The number of rotatable bonds is 20. The molecule has 192 valence electrons. The minimum Gasteiger partial charge on any atom is -0.478 e. The minimum absolute atomic E-state index is 0.558. The van der Waals surface area contributed by atoms with Crippen molar-refractivity contribution in [1.82, 2.24) is 0 Å². The lowest BCUT2D eigenvalue weighted by Gasteiger charge is -1.99. The van der Waals surface area contributed by atoms with Gasteiger partial charge in [-0.3, -0.25) is 0 Å². The zero-order valence-corrected chi connectivity index (χ0v) is 22.0. The molecule has 0 radical (unpaired) electrons. The van der Waals surface area contributed by atoms with Crippen molar-refractivity contribution in [3.05, 3.63) is 12.2 Å². The van der Waals surface area contributed by atoms with Gasteiger partial charge in [0.2, 0.25) is 0 Å². The van der Waals surface area contributed by atoms with Crippen LogP contribution in [-0.4, -0.2) is 22.2 Å². The van der Waals surface area contributed by atoms with Crippen molar-refractivity contribution in [3.8, 4) is 0 Å². The van der Waals surface area contributed by atoms with E-state index in [4.69, 9.17) is 10.2 Å². The van der Waals surface area contributed by atoms with Crippen molar-refractivity contribution in [2.75, 3.05) is 0 Å². The van der Waals surface area contributed by atoms with Crippen LogP contribution in [0.4, 0.5) is 0 Å². The van der Waals surface area contributed by atoms with Crippen molar-refractivity contribution >= 4 is 11.9 Å². The maximum Gasteiger partial charge on any atom is 0.328 e. The second kappa shape index (κ2) is 34.3. The fourth-order valence-electron chi connectivity index (χ4n) is 3.26. The topological polar surface area (TPSA) is 74.6 Å². The van der Waals surface area contributed by atoms with Crippen LogP contribution in [0.15, 0.2) is 12.2 Å². The summed E-state index contributed by atoms with van der Waals surface area (Å²) in [5, 5.41) is 15.6. The van der Waals surface area contributed by atoms with Gasteiger partial charge in [-0.25, -0.2) is 9.59 Å². The first kappa shape index (κ1) is 35.3. The number of carboxylic acids is 2. The molecule has 0 saturated carbocycles. The van der Waals surface area contributed by atoms with Gasteiger partial charge < -0.3 is 10.2 Å². The van der Waals surface area contributed by atoms with Gasteiger partial charge in [0, 0.05) is 12.2 Å². The minimum atomic E-state index is -1.26. The molecule has 0 heterocycles. The molecule has 0 aliphatic carbocycles. The summed E-state index contributed by atoms with van der Waals surface area (Å²) in [5.74, 6) is -2.51. The Balaban J connectivity index is -0.000000404. The van der Waals surface area contributed by atoms with E-state index >= 15 is 0 Å². The summed E-state index contributed by atoms with van der Waals surface area (Å²) in [6.45, 7) is 9.12. The summed E-state index contributed by atoms with van der Waals surface area (Å²) in [5.41, 5.74) is 0. The van der Waals surface area contributed by atoms with E-state index in [0.29, 0.717) is 12.2 Å². The molecule has 0 fully saturated rings. The Labute approximate surface area is 200 Å². The van der Waals surface area contributed by atoms with Gasteiger partial charge in [0.15, 0.2) is 0 Å². The van der Waals surface area contributed by atoms with Gasteiger partial charge in [-0.15, -0.1) is 0 Å². The predicted molar refractivity (Wildman–Crippen MR) is 139 cm³/mol. The Morgan fingerprint density at radius 2 is 0.562 bits per heavy atom. The predicted octanol–water partition coefficient (Wildman–Crippen LogP) is 9.57. The highest BCUT2D eigenvalue weighted by molar-refractivity contribution is 5.89. The SMILES string of the molecule is CCCCCCCCCCCC.CCCCCCCCCCCC.O=C(O)/C=C/C(=O)O. The first-order chi connectivity index (χ1) is 15.5. The molecule has 0 spiro atoms. The van der Waals surface area contributed by atoms with Gasteiger partial charge in [-0.2, -0.15) is 0 Å². The third kappa shape index (κ3) is 46.8. The number of hydrogen-bond donors (Lipinski definition) is 2. The lowest BCUT2D eigenvalue weighted by Crippen LogP contribution is -1.91. The Morgan fingerprint density at radius 1 is 0.406 bits per heavy atom. The number of carbonyl (C=O) groups is 2. The fraction of sp³-hybridized carbons (Fsp3) is 0.857. The van der Waals surface area contributed by atoms with Crippen molar-refractivity contribution in [3.63, 3.8) is 0 Å². The first-order valence-corrected chi connectivity index (χ1v) is 13.6. The molecule has 0 atom stereocenters. The molecule has 0 aromatic carbocycles. The van der Waals surface area contributed by atoms with Crippen LogP contribution in [0.3, 0.4) is 0 Å². The quantitative estimate of drug-likeness (QED) is 0.141. The monoisotopic (exact) mass is 456 g/mol. The molecular weight excluding hydrogens is 400 g/mol. The average molecular weight is 457 g/mol. The van der Waals surface area contributed by atoms with E-state index in [1.54, 1.807) is 0 Å². The smallest absolute Gasteiger partial charge is 0.328 e. The molecule has 0 aromatic heterocycles. The third-order valence-corrected chi connectivity index (χ3v) is 5.28. The molecule has 0 aliphatic heterocycles. The normalized spacial score (nSPS) is 10.2. The van der Waals surface area contributed by atoms with Crippen LogP contribution in [0, 0.1) is 0 Å². The number of hydrogen-bond acceptors (Lipinski definition) is 2. The molecule has 2 N–H and O–H groups in total. The number of unbranched alkanes of at least 4 members (excludes halogenated alkanes) is 18. The van der Waals surface area contributed by atoms with Crippen LogP contribution in [0.5, 0.6) is 0 Å². The Morgan fingerprint density at radius 3 is 0.688 bits per heavy atom. The Bertz CT molecular complexity index is 335. The summed E-state index contributed by atoms with van der Waals surface area (Å²) >= 11 is 0. The van der Waals surface area contributed by atoms with Gasteiger partial charge in [-0.1, -0.05) is 156 Å². The van der Waals surface area contributed by atoms with E-state index in [1.165, 1.54) is 128 Å². The maximum atomic E-state index is 9.55. The van der Waals surface area contributed by atoms with Crippen molar-refractivity contribution in [1.29, 1.82) is 0 Å². The molecule has 0 rings (SSSR count). The molecule has 0 saturated heterocycles. The highest BCUT2D eigenvalue weighted by atomic mass is 16.4. The summed E-state index contributed by atoms with van der Waals surface area (Å²) < 4.78 is 0. The van der Waals surface area contributed by atoms with Crippen LogP contribution in [0.1, 0.15) is 156 Å². The van der Waals surface area contributed by atoms with Gasteiger partial charge in [-0.05, 0) is 0 Å². The molecule has 32 heavy (non-hydrogen) atoms. The number of aliphatic carboxylic acids is 2. The summed E-state index contributed by atoms with van der Waals surface area (Å²) in [6.07, 6.45) is 30.0. The van der Waals surface area contributed by atoms with E-state index in [9.17, 15) is 9.59 Å². The summed E-state index contributed by atoms with van der Waals surface area (Å²) in [6, 6.07) is 0. The van der Waals surface area contributed by atoms with E-state index in [-0.39, 0.29) is 0 Å². The van der Waals surface area contributed by atoms with Crippen molar-refractivity contribution in [2.24, 2.45) is 0 Å². The molecular formula is C28H56O4. The zero-order valence-electron chi connectivity index (χ0n) is 22.0. The molecule has 0 amide bonds. The lowest BCUT2D eigenvalue weighted by atomic mass is 10.1.